The number of benzene rings is 2. The van der Waals surface area contributed by atoms with Crippen molar-refractivity contribution in [2.75, 3.05) is 23.4 Å². The van der Waals surface area contributed by atoms with Gasteiger partial charge >= 0.3 is 5.97 Å². The summed E-state index contributed by atoms with van der Waals surface area (Å²) in [6.45, 7) is 3.48. The van der Waals surface area contributed by atoms with Gasteiger partial charge in [-0.15, -0.1) is 0 Å². The highest BCUT2D eigenvalue weighted by atomic mass is 16.6. The molecule has 0 bridgehead atoms. The number of aryl methyl sites for hydroxylation is 1. The Morgan fingerprint density at radius 3 is 2.75 bits per heavy atom. The van der Waals surface area contributed by atoms with Crippen molar-refractivity contribution in [1.29, 1.82) is 0 Å². The molecule has 1 aliphatic rings. The van der Waals surface area contributed by atoms with Crippen LogP contribution >= 0.6 is 0 Å². The lowest BCUT2D eigenvalue weighted by molar-refractivity contribution is -0.154. The molecule has 146 valence electrons. The molecule has 0 fully saturated rings. The summed E-state index contributed by atoms with van der Waals surface area (Å²) in [6, 6.07) is 14.5. The van der Waals surface area contributed by atoms with Gasteiger partial charge in [0.1, 0.15) is 12.3 Å². The molecule has 0 aliphatic carbocycles. The van der Waals surface area contributed by atoms with E-state index in [1.165, 1.54) is 11.8 Å². The minimum atomic E-state index is -1.01. The van der Waals surface area contributed by atoms with E-state index in [9.17, 15) is 14.4 Å². The van der Waals surface area contributed by atoms with E-state index in [-0.39, 0.29) is 25.5 Å². The van der Waals surface area contributed by atoms with Crippen molar-refractivity contribution in [1.82, 2.24) is 0 Å². The van der Waals surface area contributed by atoms with Gasteiger partial charge in [0.2, 0.25) is 5.91 Å². The van der Waals surface area contributed by atoms with Gasteiger partial charge in [-0.05, 0) is 43.7 Å². The van der Waals surface area contributed by atoms with E-state index in [0.717, 1.165) is 5.56 Å². The summed E-state index contributed by atoms with van der Waals surface area (Å²) in [5.74, 6) is -0.608. The van der Waals surface area contributed by atoms with Crippen LogP contribution in [0.15, 0.2) is 48.5 Å². The molecule has 0 unspecified atom stereocenters. The maximum atomic E-state index is 12.7. The first kappa shape index (κ1) is 19.4. The molecule has 2 aromatic rings. The van der Waals surface area contributed by atoms with Gasteiger partial charge in [-0.1, -0.05) is 24.3 Å². The predicted molar refractivity (Wildman–Crippen MR) is 104 cm³/mol. The van der Waals surface area contributed by atoms with Gasteiger partial charge in [0.05, 0.1) is 24.4 Å². The van der Waals surface area contributed by atoms with Gasteiger partial charge in [-0.3, -0.25) is 19.3 Å². The van der Waals surface area contributed by atoms with Crippen LogP contribution in [-0.4, -0.2) is 37.0 Å². The summed E-state index contributed by atoms with van der Waals surface area (Å²) < 4.78 is 10.8. The van der Waals surface area contributed by atoms with Crippen LogP contribution < -0.4 is 15.0 Å². The standard InChI is InChI=1S/C21H22N2O5/c1-14-6-5-7-16(12-14)27-11-10-20(25)28-15(2)21(26)23-13-19(24)22-17-8-3-4-9-18(17)23/h3-9,12,15H,10-11,13H2,1-2H3,(H,22,24)/t15-/m1/s1. The molecule has 0 aromatic heterocycles. The molecule has 3 rings (SSSR count). The van der Waals surface area contributed by atoms with Crippen LogP contribution in [0.25, 0.3) is 0 Å². The number of carbonyl (C=O) groups excluding carboxylic acids is 3. The predicted octanol–water partition coefficient (Wildman–Crippen LogP) is 2.68. The molecule has 28 heavy (non-hydrogen) atoms. The number of nitrogens with zero attached hydrogens (tertiary/aromatic N) is 1. The topological polar surface area (TPSA) is 84.9 Å². The van der Waals surface area contributed by atoms with Crippen molar-refractivity contribution in [2.45, 2.75) is 26.4 Å². The van der Waals surface area contributed by atoms with E-state index in [2.05, 4.69) is 5.32 Å². The van der Waals surface area contributed by atoms with E-state index in [4.69, 9.17) is 9.47 Å². The van der Waals surface area contributed by atoms with Gasteiger partial charge in [-0.25, -0.2) is 0 Å². The van der Waals surface area contributed by atoms with E-state index in [1.54, 1.807) is 24.3 Å². The van der Waals surface area contributed by atoms with Crippen molar-refractivity contribution in [3.8, 4) is 5.75 Å². The first-order chi connectivity index (χ1) is 13.4. The Balaban J connectivity index is 1.54. The zero-order valence-electron chi connectivity index (χ0n) is 15.8. The van der Waals surface area contributed by atoms with Crippen LogP contribution in [-0.2, 0) is 19.1 Å². The molecule has 1 aliphatic heterocycles. The fourth-order valence-electron chi connectivity index (χ4n) is 2.91. The Labute approximate surface area is 163 Å². The molecule has 7 nitrogen and oxygen atoms in total. The van der Waals surface area contributed by atoms with Gasteiger partial charge in [0.15, 0.2) is 6.10 Å². The Kier molecular flexibility index (Phi) is 5.93. The molecule has 1 atom stereocenters. The van der Waals surface area contributed by atoms with Crippen molar-refractivity contribution in [2.24, 2.45) is 0 Å². The summed E-state index contributed by atoms with van der Waals surface area (Å²) in [7, 11) is 0. The van der Waals surface area contributed by atoms with E-state index >= 15 is 0 Å². The smallest absolute Gasteiger partial charge is 0.310 e. The number of hydrogen-bond donors (Lipinski definition) is 1. The van der Waals surface area contributed by atoms with Gasteiger partial charge in [0, 0.05) is 0 Å². The molecule has 1 N–H and O–H groups in total. The van der Waals surface area contributed by atoms with Crippen LogP contribution in [0, 0.1) is 6.92 Å². The fourth-order valence-corrected chi connectivity index (χ4v) is 2.91. The highest BCUT2D eigenvalue weighted by Crippen LogP contribution is 2.29. The maximum Gasteiger partial charge on any atom is 0.310 e. The first-order valence-electron chi connectivity index (χ1n) is 9.03. The van der Waals surface area contributed by atoms with Crippen LogP contribution in [0.4, 0.5) is 11.4 Å². The molecule has 1 heterocycles. The largest absolute Gasteiger partial charge is 0.493 e. The van der Waals surface area contributed by atoms with Crippen LogP contribution in [0.5, 0.6) is 5.75 Å². The van der Waals surface area contributed by atoms with E-state index in [1.807, 2.05) is 31.2 Å². The minimum absolute atomic E-state index is 0.0165. The number of esters is 1. The van der Waals surface area contributed by atoms with Gasteiger partial charge in [-0.2, -0.15) is 0 Å². The number of hydrogen-bond acceptors (Lipinski definition) is 5. The number of carbonyl (C=O) groups is 3. The second-order valence-corrected chi connectivity index (χ2v) is 6.54. The molecule has 0 saturated heterocycles. The second kappa shape index (κ2) is 8.56. The summed E-state index contributed by atoms with van der Waals surface area (Å²) in [5.41, 5.74) is 2.19. The molecule has 0 radical (unpaired) electrons. The fraction of sp³-hybridized carbons (Fsp3) is 0.286. The Morgan fingerprint density at radius 2 is 1.96 bits per heavy atom. The molecule has 7 heteroatoms. The highest BCUT2D eigenvalue weighted by Gasteiger charge is 2.31. The summed E-state index contributed by atoms with van der Waals surface area (Å²) in [5, 5.41) is 2.71. The third-order valence-electron chi connectivity index (χ3n) is 4.26. The third-order valence-corrected chi connectivity index (χ3v) is 4.26. The van der Waals surface area contributed by atoms with Crippen molar-refractivity contribution in [3.05, 3.63) is 54.1 Å². The average Bonchev–Trinajstić information content (AvgIpc) is 2.66. The number of nitrogens with one attached hydrogen (secondary N) is 1. The zero-order chi connectivity index (χ0) is 20.1. The summed E-state index contributed by atoms with van der Waals surface area (Å²) >= 11 is 0. The van der Waals surface area contributed by atoms with Gasteiger partial charge < -0.3 is 14.8 Å². The summed E-state index contributed by atoms with van der Waals surface area (Å²) in [4.78, 5) is 38.0. The van der Waals surface area contributed by atoms with Crippen LogP contribution in [0.3, 0.4) is 0 Å². The Hall–Kier alpha value is -3.35. The third kappa shape index (κ3) is 4.68. The van der Waals surface area contributed by atoms with Crippen LogP contribution in [0.2, 0.25) is 0 Å². The summed E-state index contributed by atoms with van der Waals surface area (Å²) in [6.07, 6.45) is -0.992. The maximum absolute atomic E-state index is 12.7. The van der Waals surface area contributed by atoms with Crippen molar-refractivity contribution >= 4 is 29.2 Å². The molecular formula is C21H22N2O5. The minimum Gasteiger partial charge on any atom is -0.493 e. The number of fused-ring (bicyclic) bond motifs is 1. The monoisotopic (exact) mass is 382 g/mol. The van der Waals surface area contributed by atoms with E-state index < -0.39 is 18.0 Å². The van der Waals surface area contributed by atoms with Gasteiger partial charge in [0.25, 0.3) is 5.91 Å². The van der Waals surface area contributed by atoms with Crippen LogP contribution in [0.1, 0.15) is 18.9 Å². The quantitative estimate of drug-likeness (QED) is 0.777. The van der Waals surface area contributed by atoms with Crippen molar-refractivity contribution in [3.63, 3.8) is 0 Å². The molecule has 2 amide bonds. The molecular weight excluding hydrogens is 360 g/mol. The number of anilines is 2. The molecule has 0 saturated carbocycles. The first-order valence-corrected chi connectivity index (χ1v) is 9.03. The number of ether oxygens (including phenoxy) is 2. The zero-order valence-corrected chi connectivity index (χ0v) is 15.8. The lowest BCUT2D eigenvalue weighted by Crippen LogP contribution is -2.47. The highest BCUT2D eigenvalue weighted by molar-refractivity contribution is 6.11. The Morgan fingerprint density at radius 1 is 1.18 bits per heavy atom. The lowest BCUT2D eigenvalue weighted by atomic mass is 10.1. The number of para-hydroxylation sites is 2. The SMILES string of the molecule is Cc1cccc(OCCC(=O)O[C@H](C)C(=O)N2CC(=O)Nc3ccccc32)c1. The Bertz CT molecular complexity index is 896. The second-order valence-electron chi connectivity index (χ2n) is 6.54. The normalized spacial score (nSPS) is 13.9. The molecule has 2 aromatic carbocycles. The number of amides is 2. The number of rotatable bonds is 6. The average molecular weight is 382 g/mol. The van der Waals surface area contributed by atoms with E-state index in [0.29, 0.717) is 17.1 Å². The molecule has 0 spiro atoms. The lowest BCUT2D eigenvalue weighted by Gasteiger charge is -2.30. The van der Waals surface area contributed by atoms with Crippen molar-refractivity contribution < 1.29 is 23.9 Å².